The van der Waals surface area contributed by atoms with Gasteiger partial charge in [-0.15, -0.1) is 0 Å². The molecule has 0 aromatic heterocycles. The molecule has 4 atom stereocenters. The van der Waals surface area contributed by atoms with Crippen LogP contribution in [-0.4, -0.2) is 40.4 Å². The van der Waals surface area contributed by atoms with E-state index in [0.29, 0.717) is 19.3 Å². The Morgan fingerprint density at radius 3 is 2.45 bits per heavy atom. The number of allylic oxidation sites excluding steroid dienone is 1. The van der Waals surface area contributed by atoms with Gasteiger partial charge < -0.3 is 20.1 Å². The highest BCUT2D eigenvalue weighted by Gasteiger charge is 2.39. The minimum atomic E-state index is -0.496. The Hall–Kier alpha value is -0.710. The van der Waals surface area contributed by atoms with Gasteiger partial charge in [-0.2, -0.15) is 0 Å². The molecule has 0 spiro atoms. The van der Waals surface area contributed by atoms with Crippen molar-refractivity contribution in [1.29, 1.82) is 0 Å². The Morgan fingerprint density at radius 1 is 1.00 bits per heavy atom. The summed E-state index contributed by atoms with van der Waals surface area (Å²) in [7, 11) is 0. The van der Waals surface area contributed by atoms with Gasteiger partial charge in [0.2, 0.25) is 0 Å². The number of unbranched alkanes of at least 4 members (excludes halogenated alkanes) is 4. The molecule has 4 heteroatoms. The lowest BCUT2D eigenvalue weighted by Gasteiger charge is -2.19. The van der Waals surface area contributed by atoms with Gasteiger partial charge in [0.15, 0.2) is 0 Å². The number of aliphatic hydroxyl groups excluding tert-OH is 3. The van der Waals surface area contributed by atoms with Crippen LogP contribution in [0.5, 0.6) is 0 Å². The van der Waals surface area contributed by atoms with Gasteiger partial charge in [-0.3, -0.25) is 0 Å². The van der Waals surface area contributed by atoms with Crippen LogP contribution in [0.15, 0.2) is 12.2 Å². The van der Waals surface area contributed by atoms with Crippen LogP contribution >= 0.6 is 0 Å². The normalized spacial score (nSPS) is 30.1. The van der Waals surface area contributed by atoms with Crippen molar-refractivity contribution < 1.29 is 20.1 Å². The number of rotatable bonds is 10. The van der Waals surface area contributed by atoms with Crippen molar-refractivity contribution in [3.05, 3.63) is 12.2 Å². The van der Waals surface area contributed by atoms with E-state index in [1.165, 1.54) is 0 Å². The molecule has 0 heterocycles. The fourth-order valence-electron chi connectivity index (χ4n) is 3.02. The van der Waals surface area contributed by atoms with Gasteiger partial charge in [-0.05, 0) is 31.6 Å². The Balaban J connectivity index is 2.32. The molecular weight excluding hydrogens is 256 g/mol. The molecule has 1 aliphatic carbocycles. The predicted octanol–water partition coefficient (Wildman–Crippen LogP) is 1.82. The summed E-state index contributed by atoms with van der Waals surface area (Å²) in [5.41, 5.74) is 0. The maximum absolute atomic E-state index is 10.5. The summed E-state index contributed by atoms with van der Waals surface area (Å²) in [6.45, 7) is 0.264. The van der Waals surface area contributed by atoms with Gasteiger partial charge in [-0.1, -0.05) is 25.0 Å². The molecule has 0 radical (unpaired) electrons. The van der Waals surface area contributed by atoms with Gasteiger partial charge in [0.1, 0.15) is 6.29 Å². The van der Waals surface area contributed by atoms with Gasteiger partial charge in [0.25, 0.3) is 0 Å². The van der Waals surface area contributed by atoms with Crippen molar-refractivity contribution >= 4 is 6.29 Å². The second kappa shape index (κ2) is 10.1. The second-order valence-corrected chi connectivity index (χ2v) is 5.71. The van der Waals surface area contributed by atoms with Crippen LogP contribution < -0.4 is 0 Å². The third-order valence-electron chi connectivity index (χ3n) is 4.17. The molecule has 0 unspecified atom stereocenters. The molecule has 20 heavy (non-hydrogen) atoms. The molecule has 1 rings (SSSR count). The summed E-state index contributed by atoms with van der Waals surface area (Å²) >= 11 is 0. The minimum absolute atomic E-state index is 0.000777. The summed E-state index contributed by atoms with van der Waals surface area (Å²) in [5.74, 6) is -0.0248. The van der Waals surface area contributed by atoms with Crippen molar-refractivity contribution in [3.8, 4) is 0 Å². The van der Waals surface area contributed by atoms with Crippen LogP contribution in [-0.2, 0) is 4.79 Å². The molecule has 4 nitrogen and oxygen atoms in total. The highest BCUT2D eigenvalue weighted by atomic mass is 16.3. The first-order valence-electron chi connectivity index (χ1n) is 7.78. The lowest BCUT2D eigenvalue weighted by molar-refractivity contribution is -0.108. The third-order valence-corrected chi connectivity index (χ3v) is 4.17. The number of hydrogen-bond donors (Lipinski definition) is 3. The smallest absolute Gasteiger partial charge is 0.120 e. The first-order valence-corrected chi connectivity index (χ1v) is 7.78. The Kier molecular flexibility index (Phi) is 8.74. The van der Waals surface area contributed by atoms with Gasteiger partial charge in [-0.25, -0.2) is 0 Å². The van der Waals surface area contributed by atoms with E-state index in [-0.39, 0.29) is 18.4 Å². The monoisotopic (exact) mass is 284 g/mol. The lowest BCUT2D eigenvalue weighted by atomic mass is 9.89. The van der Waals surface area contributed by atoms with Crippen LogP contribution in [0, 0.1) is 11.8 Å². The molecule has 0 saturated heterocycles. The zero-order chi connectivity index (χ0) is 14.8. The zero-order valence-corrected chi connectivity index (χ0v) is 12.2. The van der Waals surface area contributed by atoms with Crippen LogP contribution in [0.1, 0.15) is 51.4 Å². The first kappa shape index (κ1) is 17.3. The Labute approximate surface area is 121 Å². The van der Waals surface area contributed by atoms with Crippen molar-refractivity contribution in [3.63, 3.8) is 0 Å². The summed E-state index contributed by atoms with van der Waals surface area (Å²) < 4.78 is 0. The Morgan fingerprint density at radius 2 is 1.75 bits per heavy atom. The van der Waals surface area contributed by atoms with Crippen LogP contribution in [0.25, 0.3) is 0 Å². The van der Waals surface area contributed by atoms with Crippen LogP contribution in [0.3, 0.4) is 0 Å². The predicted molar refractivity (Wildman–Crippen MR) is 78.2 cm³/mol. The largest absolute Gasteiger partial charge is 0.396 e. The van der Waals surface area contributed by atoms with Crippen molar-refractivity contribution in [2.45, 2.75) is 63.6 Å². The molecule has 0 amide bonds. The third kappa shape index (κ3) is 5.73. The minimum Gasteiger partial charge on any atom is -0.396 e. The molecule has 0 bridgehead atoms. The topological polar surface area (TPSA) is 77.8 Å². The molecule has 116 valence electrons. The van der Waals surface area contributed by atoms with Gasteiger partial charge >= 0.3 is 0 Å². The molecular formula is C16H28O4. The zero-order valence-electron chi connectivity index (χ0n) is 12.2. The Bertz CT molecular complexity index is 290. The maximum atomic E-state index is 10.5. The molecule has 3 N–H and O–H groups in total. The summed E-state index contributed by atoms with van der Waals surface area (Å²) in [5, 5.41) is 28.6. The molecule has 1 aliphatic rings. The van der Waals surface area contributed by atoms with E-state index in [1.807, 2.05) is 6.08 Å². The number of hydrogen-bond acceptors (Lipinski definition) is 4. The molecule has 0 aromatic rings. The number of carbonyl (C=O) groups excluding carboxylic acids is 1. The summed E-state index contributed by atoms with van der Waals surface area (Å²) in [6, 6.07) is 0. The highest BCUT2D eigenvalue weighted by molar-refractivity contribution is 5.49. The van der Waals surface area contributed by atoms with E-state index >= 15 is 0 Å². The van der Waals surface area contributed by atoms with E-state index in [1.54, 1.807) is 0 Å². The van der Waals surface area contributed by atoms with Crippen LogP contribution in [0.4, 0.5) is 0 Å². The molecule has 1 saturated carbocycles. The van der Waals surface area contributed by atoms with E-state index in [9.17, 15) is 15.0 Å². The average molecular weight is 284 g/mol. The van der Waals surface area contributed by atoms with Crippen LogP contribution in [0.2, 0.25) is 0 Å². The fourth-order valence-corrected chi connectivity index (χ4v) is 3.02. The second-order valence-electron chi connectivity index (χ2n) is 5.71. The van der Waals surface area contributed by atoms with Crippen molar-refractivity contribution in [1.82, 2.24) is 0 Å². The SMILES string of the molecule is O=CCC[C@H]1[C@H](C=CCCCCCCO)[C@H](O)C[C@H]1O. The van der Waals surface area contributed by atoms with Crippen molar-refractivity contribution in [2.24, 2.45) is 11.8 Å². The van der Waals surface area contributed by atoms with E-state index in [4.69, 9.17) is 5.11 Å². The highest BCUT2D eigenvalue weighted by Crippen LogP contribution is 2.36. The fraction of sp³-hybridized carbons (Fsp3) is 0.812. The number of carbonyl (C=O) groups is 1. The summed E-state index contributed by atoms with van der Waals surface area (Å²) in [6.07, 6.45) is 10.6. The maximum Gasteiger partial charge on any atom is 0.120 e. The molecule has 0 aromatic carbocycles. The van der Waals surface area contributed by atoms with Gasteiger partial charge in [0, 0.05) is 25.4 Å². The standard InChI is InChI=1S/C16H28O4/c17-10-6-4-2-1-3-5-8-13-14(9-7-11-18)16(20)12-15(13)19/h5,8,11,13-17,19-20H,1-4,6-7,9-10,12H2/t13-,14-,15+,16+/m0/s1. The first-order chi connectivity index (χ1) is 9.70. The number of aliphatic hydroxyl groups is 3. The molecule has 0 aliphatic heterocycles. The van der Waals surface area contributed by atoms with Gasteiger partial charge in [0.05, 0.1) is 12.2 Å². The lowest BCUT2D eigenvalue weighted by Crippen LogP contribution is -2.20. The summed E-state index contributed by atoms with van der Waals surface area (Å²) in [4.78, 5) is 10.5. The van der Waals surface area contributed by atoms with E-state index in [2.05, 4.69) is 6.08 Å². The quantitative estimate of drug-likeness (QED) is 0.325. The molecule has 1 fully saturated rings. The number of aldehydes is 1. The van der Waals surface area contributed by atoms with E-state index < -0.39 is 12.2 Å². The van der Waals surface area contributed by atoms with E-state index in [0.717, 1.165) is 38.4 Å². The average Bonchev–Trinajstić information content (AvgIpc) is 2.70. The van der Waals surface area contributed by atoms with Crippen molar-refractivity contribution in [2.75, 3.05) is 6.61 Å².